The van der Waals surface area contributed by atoms with Gasteiger partial charge in [-0.15, -0.1) is 10.2 Å². The molecule has 7 heteroatoms. The van der Waals surface area contributed by atoms with Gasteiger partial charge in [-0.1, -0.05) is 18.7 Å². The predicted octanol–water partition coefficient (Wildman–Crippen LogP) is 2.63. The highest BCUT2D eigenvalue weighted by molar-refractivity contribution is 7.99. The number of nitrogens with zero attached hydrogens (tertiary/aromatic N) is 4. The number of amides is 1. The Morgan fingerprint density at radius 3 is 2.88 bits per heavy atom. The number of hydrogen-bond acceptors (Lipinski definition) is 5. The van der Waals surface area contributed by atoms with Crippen molar-refractivity contribution in [1.82, 2.24) is 19.7 Å². The molecule has 1 saturated heterocycles. The molecular weight excluding hydrogens is 324 g/mol. The highest BCUT2D eigenvalue weighted by atomic mass is 32.2. The summed E-state index contributed by atoms with van der Waals surface area (Å²) in [6.07, 6.45) is 3.97. The van der Waals surface area contributed by atoms with Gasteiger partial charge in [0.1, 0.15) is 12.1 Å². The number of carbonyl (C=O) groups excluding carboxylic acids is 1. The average molecular weight is 346 g/mol. The fraction of sp³-hybridized carbons (Fsp3) is 0.471. The van der Waals surface area contributed by atoms with E-state index in [1.165, 1.54) is 18.2 Å². The van der Waals surface area contributed by atoms with Crippen LogP contribution in [0, 0.1) is 5.92 Å². The molecule has 0 unspecified atom stereocenters. The molecule has 0 aliphatic carbocycles. The molecule has 0 bridgehead atoms. The lowest BCUT2D eigenvalue weighted by atomic mass is 10.0. The van der Waals surface area contributed by atoms with Crippen LogP contribution in [0.5, 0.6) is 5.75 Å². The van der Waals surface area contributed by atoms with Gasteiger partial charge >= 0.3 is 0 Å². The van der Waals surface area contributed by atoms with Crippen molar-refractivity contribution < 1.29 is 9.53 Å². The van der Waals surface area contributed by atoms with E-state index < -0.39 is 0 Å². The number of hydrogen-bond donors (Lipinski definition) is 0. The second kappa shape index (κ2) is 7.70. The molecule has 3 rings (SSSR count). The Hall–Kier alpha value is -2.02. The minimum absolute atomic E-state index is 0.177. The molecule has 0 N–H and O–H groups in total. The lowest BCUT2D eigenvalue weighted by Crippen LogP contribution is -2.40. The van der Waals surface area contributed by atoms with Gasteiger partial charge in [0, 0.05) is 18.8 Å². The summed E-state index contributed by atoms with van der Waals surface area (Å²) >= 11 is 1.43. The van der Waals surface area contributed by atoms with Crippen LogP contribution in [0.4, 0.5) is 0 Å². The molecule has 1 amide bonds. The molecule has 128 valence electrons. The molecule has 1 atom stereocenters. The van der Waals surface area contributed by atoms with E-state index in [4.69, 9.17) is 4.74 Å². The third-order valence-corrected chi connectivity index (χ3v) is 5.13. The summed E-state index contributed by atoms with van der Waals surface area (Å²) in [4.78, 5) is 14.4. The summed E-state index contributed by atoms with van der Waals surface area (Å²) in [6.45, 7) is 3.94. The summed E-state index contributed by atoms with van der Waals surface area (Å²) in [5, 5.41) is 8.84. The maximum Gasteiger partial charge on any atom is 0.233 e. The smallest absolute Gasteiger partial charge is 0.233 e. The first-order valence-electron chi connectivity index (χ1n) is 8.12. The molecule has 0 saturated carbocycles. The van der Waals surface area contributed by atoms with Crippen molar-refractivity contribution in [3.05, 3.63) is 30.6 Å². The van der Waals surface area contributed by atoms with Crippen molar-refractivity contribution in [1.29, 1.82) is 0 Å². The Kier molecular flexibility index (Phi) is 5.40. The Morgan fingerprint density at radius 1 is 1.38 bits per heavy atom. The lowest BCUT2D eigenvalue weighted by molar-refractivity contribution is -0.130. The predicted molar refractivity (Wildman–Crippen MR) is 93.6 cm³/mol. The summed E-state index contributed by atoms with van der Waals surface area (Å²) in [5.74, 6) is 1.96. The minimum Gasteiger partial charge on any atom is -0.497 e. The molecule has 2 heterocycles. The third-order valence-electron chi connectivity index (χ3n) is 4.20. The molecule has 2 aromatic rings. The van der Waals surface area contributed by atoms with Gasteiger partial charge < -0.3 is 9.64 Å². The molecule has 1 fully saturated rings. The van der Waals surface area contributed by atoms with E-state index in [0.29, 0.717) is 11.7 Å². The number of piperidine rings is 1. The van der Waals surface area contributed by atoms with Gasteiger partial charge in [0.05, 0.1) is 12.9 Å². The number of rotatable bonds is 5. The normalized spacial score (nSPS) is 17.8. The number of benzene rings is 1. The average Bonchev–Trinajstić information content (AvgIpc) is 3.08. The van der Waals surface area contributed by atoms with Crippen molar-refractivity contribution in [3.8, 4) is 11.4 Å². The van der Waals surface area contributed by atoms with Gasteiger partial charge in [0.15, 0.2) is 5.16 Å². The first-order valence-corrected chi connectivity index (χ1v) is 9.11. The number of thioether (sulfide) groups is 1. The van der Waals surface area contributed by atoms with E-state index in [-0.39, 0.29) is 5.91 Å². The quantitative estimate of drug-likeness (QED) is 0.779. The van der Waals surface area contributed by atoms with Gasteiger partial charge in [0.25, 0.3) is 0 Å². The molecule has 24 heavy (non-hydrogen) atoms. The SMILES string of the molecule is COc1ccc(-n2cnnc2SCC(=O)N2CCC[C@@H](C)C2)cc1. The maximum absolute atomic E-state index is 12.4. The van der Waals surface area contributed by atoms with E-state index in [0.717, 1.165) is 36.1 Å². The number of likely N-dealkylation sites (tertiary alicyclic amines) is 1. The van der Waals surface area contributed by atoms with Crippen molar-refractivity contribution in [2.45, 2.75) is 24.9 Å². The number of aromatic nitrogens is 3. The zero-order valence-electron chi connectivity index (χ0n) is 14.0. The third kappa shape index (κ3) is 3.90. The van der Waals surface area contributed by atoms with Gasteiger partial charge in [-0.05, 0) is 43.0 Å². The molecule has 1 aliphatic heterocycles. The number of ether oxygens (including phenoxy) is 1. The molecule has 1 aromatic heterocycles. The van der Waals surface area contributed by atoms with E-state index in [1.807, 2.05) is 33.7 Å². The molecule has 1 aromatic carbocycles. The van der Waals surface area contributed by atoms with Gasteiger partial charge in [-0.3, -0.25) is 9.36 Å². The van der Waals surface area contributed by atoms with Crippen LogP contribution in [0.1, 0.15) is 19.8 Å². The fourth-order valence-electron chi connectivity index (χ4n) is 2.88. The zero-order chi connectivity index (χ0) is 16.9. The lowest BCUT2D eigenvalue weighted by Gasteiger charge is -2.30. The van der Waals surface area contributed by atoms with Crippen LogP contribution >= 0.6 is 11.8 Å². The van der Waals surface area contributed by atoms with Crippen LogP contribution in [0.2, 0.25) is 0 Å². The van der Waals surface area contributed by atoms with Crippen LogP contribution in [-0.4, -0.2) is 51.5 Å². The highest BCUT2D eigenvalue weighted by Crippen LogP contribution is 2.23. The van der Waals surface area contributed by atoms with Crippen LogP contribution in [0.3, 0.4) is 0 Å². The van der Waals surface area contributed by atoms with Crippen LogP contribution in [0.25, 0.3) is 5.69 Å². The Balaban J connectivity index is 1.64. The van der Waals surface area contributed by atoms with E-state index in [2.05, 4.69) is 17.1 Å². The molecule has 6 nitrogen and oxygen atoms in total. The second-order valence-corrected chi connectivity index (χ2v) is 7.00. The van der Waals surface area contributed by atoms with Gasteiger partial charge in [-0.2, -0.15) is 0 Å². The van der Waals surface area contributed by atoms with Crippen molar-refractivity contribution in [2.75, 3.05) is 26.0 Å². The van der Waals surface area contributed by atoms with Crippen LogP contribution < -0.4 is 4.74 Å². The maximum atomic E-state index is 12.4. The van der Waals surface area contributed by atoms with E-state index in [9.17, 15) is 4.79 Å². The van der Waals surface area contributed by atoms with Crippen molar-refractivity contribution in [2.24, 2.45) is 5.92 Å². The van der Waals surface area contributed by atoms with Gasteiger partial charge in [-0.25, -0.2) is 0 Å². The molecular formula is C17H22N4O2S. The van der Waals surface area contributed by atoms with Crippen LogP contribution in [0.15, 0.2) is 35.7 Å². The largest absolute Gasteiger partial charge is 0.497 e. The van der Waals surface area contributed by atoms with E-state index >= 15 is 0 Å². The summed E-state index contributed by atoms with van der Waals surface area (Å²) < 4.78 is 7.06. The Labute approximate surface area is 146 Å². The standard InChI is InChI=1S/C17H22N4O2S/c1-13-4-3-9-20(10-13)16(22)11-24-17-19-18-12-21(17)14-5-7-15(23-2)8-6-14/h5-8,12-13H,3-4,9-11H2,1-2H3/t13-/m1/s1. The summed E-state index contributed by atoms with van der Waals surface area (Å²) in [6, 6.07) is 7.68. The Morgan fingerprint density at radius 2 is 2.17 bits per heavy atom. The highest BCUT2D eigenvalue weighted by Gasteiger charge is 2.21. The Bertz CT molecular complexity index is 686. The minimum atomic E-state index is 0.177. The van der Waals surface area contributed by atoms with Gasteiger partial charge in [0.2, 0.25) is 5.91 Å². The van der Waals surface area contributed by atoms with Crippen molar-refractivity contribution >= 4 is 17.7 Å². The summed E-state index contributed by atoms with van der Waals surface area (Å²) in [7, 11) is 1.64. The first kappa shape index (κ1) is 16.8. The number of methoxy groups -OCH3 is 1. The molecule has 0 spiro atoms. The number of carbonyl (C=O) groups is 1. The monoisotopic (exact) mass is 346 g/mol. The van der Waals surface area contributed by atoms with E-state index in [1.54, 1.807) is 13.4 Å². The molecule has 1 aliphatic rings. The van der Waals surface area contributed by atoms with Crippen LogP contribution in [-0.2, 0) is 4.79 Å². The fourth-order valence-corrected chi connectivity index (χ4v) is 3.71. The topological polar surface area (TPSA) is 60.2 Å². The van der Waals surface area contributed by atoms with Crippen molar-refractivity contribution in [3.63, 3.8) is 0 Å². The zero-order valence-corrected chi connectivity index (χ0v) is 14.8. The first-order chi connectivity index (χ1) is 11.7. The molecule has 0 radical (unpaired) electrons. The summed E-state index contributed by atoms with van der Waals surface area (Å²) in [5.41, 5.74) is 0.947. The second-order valence-electron chi connectivity index (χ2n) is 6.06.